The number of ether oxygens (including phenoxy) is 1. The van der Waals surface area contributed by atoms with Gasteiger partial charge in [-0.2, -0.15) is 0 Å². The number of nitrogens with one attached hydrogen (secondary N) is 3. The van der Waals surface area contributed by atoms with Crippen LogP contribution in [0.4, 0.5) is 5.69 Å². The molecule has 1 aliphatic rings. The standard InChI is InChI=1S/C22H37N5O2/c1-4-23-22(24-11-6-13-27-14-9-18(2)10-15-27)25-12-16-29-21-8-5-7-20(17-21)26-19(3)28/h5,7-8,17-18H,4,6,9-16H2,1-3H3,(H,26,28)(H2,23,24,25). The van der Waals surface area contributed by atoms with Gasteiger partial charge in [-0.05, 0) is 63.9 Å². The maximum atomic E-state index is 11.1. The fourth-order valence-corrected chi connectivity index (χ4v) is 3.32. The SMILES string of the molecule is CCNC(=NCCCN1CCC(C)CC1)NCCOc1cccc(NC(C)=O)c1. The van der Waals surface area contributed by atoms with Crippen LogP contribution < -0.4 is 20.7 Å². The minimum Gasteiger partial charge on any atom is -0.492 e. The average Bonchev–Trinajstić information content (AvgIpc) is 2.69. The number of nitrogens with zero attached hydrogens (tertiary/aromatic N) is 2. The molecule has 0 unspecified atom stereocenters. The van der Waals surface area contributed by atoms with Crippen molar-refractivity contribution in [2.24, 2.45) is 10.9 Å². The quantitative estimate of drug-likeness (QED) is 0.318. The molecule has 1 amide bonds. The number of amides is 1. The Morgan fingerprint density at radius 3 is 2.79 bits per heavy atom. The van der Waals surface area contributed by atoms with E-state index in [-0.39, 0.29) is 5.91 Å². The Morgan fingerprint density at radius 2 is 2.07 bits per heavy atom. The molecule has 7 nitrogen and oxygen atoms in total. The largest absolute Gasteiger partial charge is 0.492 e. The van der Waals surface area contributed by atoms with Gasteiger partial charge in [-0.3, -0.25) is 9.79 Å². The van der Waals surface area contributed by atoms with Gasteiger partial charge in [-0.15, -0.1) is 0 Å². The minimum atomic E-state index is -0.0924. The second-order valence-electron chi connectivity index (χ2n) is 7.62. The molecule has 0 bridgehead atoms. The Morgan fingerprint density at radius 1 is 1.28 bits per heavy atom. The highest BCUT2D eigenvalue weighted by molar-refractivity contribution is 5.88. The molecular formula is C22H37N5O2. The van der Waals surface area contributed by atoms with Crippen LogP contribution in [0.5, 0.6) is 5.75 Å². The van der Waals surface area contributed by atoms with E-state index in [0.29, 0.717) is 13.2 Å². The van der Waals surface area contributed by atoms with Crippen LogP contribution in [-0.2, 0) is 4.79 Å². The zero-order valence-electron chi connectivity index (χ0n) is 18.2. The van der Waals surface area contributed by atoms with Gasteiger partial charge in [0.25, 0.3) is 0 Å². The third kappa shape index (κ3) is 9.65. The van der Waals surface area contributed by atoms with Crippen LogP contribution in [-0.4, -0.2) is 62.6 Å². The maximum Gasteiger partial charge on any atom is 0.221 e. The monoisotopic (exact) mass is 403 g/mol. The second kappa shape index (κ2) is 13.0. The molecule has 0 spiro atoms. The van der Waals surface area contributed by atoms with Crippen molar-refractivity contribution in [2.75, 3.05) is 51.2 Å². The number of piperidine rings is 1. The number of carbonyl (C=O) groups is 1. The van der Waals surface area contributed by atoms with Crippen LogP contribution in [0.2, 0.25) is 0 Å². The number of carbonyl (C=O) groups excluding carboxylic acids is 1. The van der Waals surface area contributed by atoms with Crippen LogP contribution in [0.1, 0.15) is 40.0 Å². The summed E-state index contributed by atoms with van der Waals surface area (Å²) in [6, 6.07) is 7.41. The molecule has 7 heteroatoms. The molecule has 0 atom stereocenters. The molecule has 1 aromatic rings. The Labute approximate surface area is 175 Å². The number of hydrogen-bond acceptors (Lipinski definition) is 4. The Kier molecular flexibility index (Phi) is 10.3. The van der Waals surface area contributed by atoms with Gasteiger partial charge < -0.3 is 25.6 Å². The summed E-state index contributed by atoms with van der Waals surface area (Å²) in [4.78, 5) is 18.4. The first kappa shape index (κ1) is 23.0. The summed E-state index contributed by atoms with van der Waals surface area (Å²) in [5.41, 5.74) is 0.737. The molecule has 0 radical (unpaired) electrons. The van der Waals surface area contributed by atoms with Gasteiger partial charge >= 0.3 is 0 Å². The summed E-state index contributed by atoms with van der Waals surface area (Å²) in [5, 5.41) is 9.35. The summed E-state index contributed by atoms with van der Waals surface area (Å²) in [5.74, 6) is 2.35. The van der Waals surface area contributed by atoms with Crippen LogP contribution in [0.3, 0.4) is 0 Å². The smallest absolute Gasteiger partial charge is 0.221 e. The van der Waals surface area contributed by atoms with E-state index in [4.69, 9.17) is 4.74 Å². The lowest BCUT2D eigenvalue weighted by molar-refractivity contribution is -0.114. The topological polar surface area (TPSA) is 78.0 Å². The van der Waals surface area contributed by atoms with Crippen molar-refractivity contribution >= 4 is 17.6 Å². The summed E-state index contributed by atoms with van der Waals surface area (Å²) in [6.45, 7) is 12.3. The van der Waals surface area contributed by atoms with Gasteiger partial charge in [0, 0.05) is 31.8 Å². The zero-order valence-corrected chi connectivity index (χ0v) is 18.2. The molecule has 1 heterocycles. The highest BCUT2D eigenvalue weighted by Crippen LogP contribution is 2.17. The minimum absolute atomic E-state index is 0.0924. The maximum absolute atomic E-state index is 11.1. The molecular weight excluding hydrogens is 366 g/mol. The van der Waals surface area contributed by atoms with Crippen molar-refractivity contribution in [1.82, 2.24) is 15.5 Å². The molecule has 2 rings (SSSR count). The number of rotatable bonds is 10. The van der Waals surface area contributed by atoms with E-state index < -0.39 is 0 Å². The first-order valence-electron chi connectivity index (χ1n) is 10.8. The Balaban J connectivity index is 1.66. The average molecular weight is 404 g/mol. The molecule has 0 aromatic heterocycles. The van der Waals surface area contributed by atoms with Gasteiger partial charge in [0.15, 0.2) is 5.96 Å². The van der Waals surface area contributed by atoms with Gasteiger partial charge in [-0.1, -0.05) is 13.0 Å². The first-order chi connectivity index (χ1) is 14.1. The molecule has 3 N–H and O–H groups in total. The van der Waals surface area contributed by atoms with Gasteiger partial charge in [0.2, 0.25) is 5.91 Å². The van der Waals surface area contributed by atoms with Crippen molar-refractivity contribution in [3.8, 4) is 5.75 Å². The van der Waals surface area contributed by atoms with Crippen molar-refractivity contribution < 1.29 is 9.53 Å². The number of aliphatic imine (C=N–C) groups is 1. The van der Waals surface area contributed by atoms with E-state index >= 15 is 0 Å². The molecule has 162 valence electrons. The van der Waals surface area contributed by atoms with Crippen LogP contribution in [0.15, 0.2) is 29.3 Å². The lowest BCUT2D eigenvalue weighted by atomic mass is 9.99. The summed E-state index contributed by atoms with van der Waals surface area (Å²) in [6.07, 6.45) is 3.72. The molecule has 1 aliphatic heterocycles. The first-order valence-corrected chi connectivity index (χ1v) is 10.8. The molecule has 1 saturated heterocycles. The van der Waals surface area contributed by atoms with Crippen molar-refractivity contribution in [2.45, 2.75) is 40.0 Å². The predicted molar refractivity (Wildman–Crippen MR) is 120 cm³/mol. The Bertz CT molecular complexity index is 642. The molecule has 0 aliphatic carbocycles. The lowest BCUT2D eigenvalue weighted by Gasteiger charge is -2.29. The Hall–Kier alpha value is -2.28. The summed E-state index contributed by atoms with van der Waals surface area (Å²) < 4.78 is 5.77. The molecule has 1 aromatic carbocycles. The van der Waals surface area contributed by atoms with E-state index in [0.717, 1.165) is 49.4 Å². The number of anilines is 1. The van der Waals surface area contributed by atoms with Gasteiger partial charge in [-0.25, -0.2) is 0 Å². The summed E-state index contributed by atoms with van der Waals surface area (Å²) in [7, 11) is 0. The number of benzene rings is 1. The summed E-state index contributed by atoms with van der Waals surface area (Å²) >= 11 is 0. The zero-order chi connectivity index (χ0) is 20.9. The number of hydrogen-bond donors (Lipinski definition) is 3. The van der Waals surface area contributed by atoms with Crippen LogP contribution in [0.25, 0.3) is 0 Å². The van der Waals surface area contributed by atoms with E-state index in [9.17, 15) is 4.79 Å². The fourth-order valence-electron chi connectivity index (χ4n) is 3.32. The van der Waals surface area contributed by atoms with Crippen LogP contribution in [0, 0.1) is 5.92 Å². The fraction of sp³-hybridized carbons (Fsp3) is 0.636. The van der Waals surface area contributed by atoms with E-state index in [1.54, 1.807) is 0 Å². The highest BCUT2D eigenvalue weighted by Gasteiger charge is 2.14. The predicted octanol–water partition coefficient (Wildman–Crippen LogP) is 2.70. The molecule has 29 heavy (non-hydrogen) atoms. The van der Waals surface area contributed by atoms with E-state index in [1.165, 1.54) is 32.9 Å². The normalized spacial score (nSPS) is 15.8. The van der Waals surface area contributed by atoms with Gasteiger partial charge in [0.1, 0.15) is 12.4 Å². The van der Waals surface area contributed by atoms with E-state index in [1.807, 2.05) is 24.3 Å². The lowest BCUT2D eigenvalue weighted by Crippen LogP contribution is -2.39. The second-order valence-corrected chi connectivity index (χ2v) is 7.62. The molecule has 0 saturated carbocycles. The van der Waals surface area contributed by atoms with Crippen LogP contribution >= 0.6 is 0 Å². The van der Waals surface area contributed by atoms with Crippen molar-refractivity contribution in [1.29, 1.82) is 0 Å². The van der Waals surface area contributed by atoms with Gasteiger partial charge in [0.05, 0.1) is 6.54 Å². The number of likely N-dealkylation sites (tertiary alicyclic amines) is 1. The number of guanidine groups is 1. The molecule has 1 fully saturated rings. The third-order valence-electron chi connectivity index (χ3n) is 4.94. The third-order valence-corrected chi connectivity index (χ3v) is 4.94. The van der Waals surface area contributed by atoms with Crippen molar-refractivity contribution in [3.05, 3.63) is 24.3 Å². The van der Waals surface area contributed by atoms with Crippen molar-refractivity contribution in [3.63, 3.8) is 0 Å². The highest BCUT2D eigenvalue weighted by atomic mass is 16.5. The van der Waals surface area contributed by atoms with E-state index in [2.05, 4.69) is 39.7 Å².